The molecule has 1 saturated carbocycles. The van der Waals surface area contributed by atoms with Crippen molar-refractivity contribution in [2.45, 2.75) is 49.4 Å². The molecule has 1 aliphatic carbocycles. The molecule has 2 amide bonds. The second-order valence-electron chi connectivity index (χ2n) is 7.27. The van der Waals surface area contributed by atoms with E-state index in [1.165, 1.54) is 0 Å². The van der Waals surface area contributed by atoms with Gasteiger partial charge in [-0.1, -0.05) is 12.8 Å². The maximum Gasteiger partial charge on any atom is 0.272 e. The number of piperidine rings is 1. The Balaban J connectivity index is 1.52. The van der Waals surface area contributed by atoms with E-state index >= 15 is 0 Å². The zero-order valence-electron chi connectivity index (χ0n) is 14.5. The fourth-order valence-corrected chi connectivity index (χ4v) is 6.37. The van der Waals surface area contributed by atoms with Crippen LogP contribution in [0.3, 0.4) is 0 Å². The molecule has 25 heavy (non-hydrogen) atoms. The van der Waals surface area contributed by atoms with Crippen molar-refractivity contribution in [2.24, 2.45) is 7.05 Å². The number of carbonyl (C=O) groups excluding carboxylic acids is 2. The molecule has 0 bridgehead atoms. The monoisotopic (exact) mass is 364 g/mol. The maximum absolute atomic E-state index is 12.8. The van der Waals surface area contributed by atoms with Crippen LogP contribution in [0.4, 0.5) is 0 Å². The first-order valence-corrected chi connectivity index (χ1v) is 10.3. The normalized spacial score (nSPS) is 26.8. The van der Waals surface area contributed by atoms with Gasteiger partial charge in [0.25, 0.3) is 5.91 Å². The van der Waals surface area contributed by atoms with E-state index in [0.717, 1.165) is 25.7 Å². The molecule has 7 nitrogen and oxygen atoms in total. The lowest BCUT2D eigenvalue weighted by atomic mass is 9.99. The highest BCUT2D eigenvalue weighted by Crippen LogP contribution is 2.42. The van der Waals surface area contributed by atoms with Gasteiger partial charge in [-0.05, 0) is 18.9 Å². The van der Waals surface area contributed by atoms with Crippen molar-refractivity contribution < 1.29 is 13.8 Å². The van der Waals surface area contributed by atoms with Gasteiger partial charge in [0, 0.05) is 45.2 Å². The van der Waals surface area contributed by atoms with Gasteiger partial charge < -0.3 is 9.80 Å². The highest BCUT2D eigenvalue weighted by Gasteiger charge is 2.55. The second kappa shape index (κ2) is 6.23. The summed E-state index contributed by atoms with van der Waals surface area (Å²) in [5, 5.41) is 4.06. The standard InChI is InChI=1S/C17H24N4O3S/c1-19-14(6-9-18-19)16(23)20-10-7-17(8-11-20)21(13-4-2-3-5-13)15(22)12-25(17)24/h6,9,13H,2-5,7-8,10-12H2,1H3. The molecular weight excluding hydrogens is 340 g/mol. The van der Waals surface area contributed by atoms with E-state index in [-0.39, 0.29) is 23.6 Å². The molecule has 1 atom stereocenters. The van der Waals surface area contributed by atoms with Crippen molar-refractivity contribution in [3.8, 4) is 0 Å². The molecule has 8 heteroatoms. The Hall–Kier alpha value is -1.70. The van der Waals surface area contributed by atoms with Crippen LogP contribution in [0.5, 0.6) is 0 Å². The van der Waals surface area contributed by atoms with E-state index in [1.54, 1.807) is 28.9 Å². The minimum absolute atomic E-state index is 0.0386. The molecule has 3 fully saturated rings. The van der Waals surface area contributed by atoms with Gasteiger partial charge in [0.2, 0.25) is 5.91 Å². The summed E-state index contributed by atoms with van der Waals surface area (Å²) in [7, 11) is 0.583. The van der Waals surface area contributed by atoms with Crippen molar-refractivity contribution in [3.63, 3.8) is 0 Å². The Morgan fingerprint density at radius 2 is 1.96 bits per heavy atom. The maximum atomic E-state index is 12.8. The Morgan fingerprint density at radius 1 is 1.28 bits per heavy atom. The topological polar surface area (TPSA) is 75.5 Å². The molecule has 3 aliphatic rings. The molecule has 136 valence electrons. The number of aryl methyl sites for hydroxylation is 1. The zero-order chi connectivity index (χ0) is 17.6. The average Bonchev–Trinajstić information content (AvgIpc) is 3.30. The number of hydrogen-bond donors (Lipinski definition) is 0. The Kier molecular flexibility index (Phi) is 4.17. The van der Waals surface area contributed by atoms with E-state index in [2.05, 4.69) is 5.10 Å². The Morgan fingerprint density at radius 3 is 2.56 bits per heavy atom. The number of aromatic nitrogens is 2. The molecule has 3 heterocycles. The third-order valence-corrected chi connectivity index (χ3v) is 7.91. The van der Waals surface area contributed by atoms with Crippen LogP contribution >= 0.6 is 0 Å². The van der Waals surface area contributed by atoms with Crippen LogP contribution in [0.2, 0.25) is 0 Å². The van der Waals surface area contributed by atoms with Crippen LogP contribution in [0, 0.1) is 0 Å². The summed E-state index contributed by atoms with van der Waals surface area (Å²) >= 11 is 0. The summed E-state index contributed by atoms with van der Waals surface area (Å²) in [6.07, 6.45) is 7.14. The van der Waals surface area contributed by atoms with Gasteiger partial charge in [0.15, 0.2) is 0 Å². The number of nitrogens with zero attached hydrogens (tertiary/aromatic N) is 4. The van der Waals surface area contributed by atoms with Gasteiger partial charge in [0.1, 0.15) is 16.3 Å². The summed E-state index contributed by atoms with van der Waals surface area (Å²) in [5.41, 5.74) is 0.562. The first-order valence-electron chi connectivity index (χ1n) is 9.01. The lowest BCUT2D eigenvalue weighted by Crippen LogP contribution is -2.58. The van der Waals surface area contributed by atoms with Crippen molar-refractivity contribution in [3.05, 3.63) is 18.0 Å². The lowest BCUT2D eigenvalue weighted by Gasteiger charge is -2.45. The summed E-state index contributed by atoms with van der Waals surface area (Å²) in [4.78, 5) is 28.4. The van der Waals surface area contributed by atoms with Gasteiger partial charge in [-0.2, -0.15) is 5.10 Å². The van der Waals surface area contributed by atoms with Crippen LogP contribution < -0.4 is 0 Å². The van der Waals surface area contributed by atoms with E-state index in [0.29, 0.717) is 31.6 Å². The van der Waals surface area contributed by atoms with E-state index in [9.17, 15) is 13.8 Å². The number of hydrogen-bond acceptors (Lipinski definition) is 4. The van der Waals surface area contributed by atoms with Crippen molar-refractivity contribution in [2.75, 3.05) is 18.8 Å². The minimum atomic E-state index is -1.17. The molecule has 2 aliphatic heterocycles. The molecule has 1 aromatic rings. The predicted molar refractivity (Wildman–Crippen MR) is 93.2 cm³/mol. The number of likely N-dealkylation sites (tertiary alicyclic amines) is 1. The highest BCUT2D eigenvalue weighted by molar-refractivity contribution is 7.87. The van der Waals surface area contributed by atoms with Crippen molar-refractivity contribution in [1.29, 1.82) is 0 Å². The number of amides is 2. The van der Waals surface area contributed by atoms with Crippen molar-refractivity contribution >= 4 is 22.6 Å². The van der Waals surface area contributed by atoms with Crippen LogP contribution in [0.25, 0.3) is 0 Å². The Bertz CT molecular complexity index is 717. The fourth-order valence-electron chi connectivity index (χ4n) is 4.63. The zero-order valence-corrected chi connectivity index (χ0v) is 15.3. The van der Waals surface area contributed by atoms with Crippen LogP contribution in [-0.4, -0.2) is 65.4 Å². The summed E-state index contributed by atoms with van der Waals surface area (Å²) < 4.78 is 14.4. The Labute approximate surface area is 149 Å². The second-order valence-corrected chi connectivity index (χ2v) is 9.01. The molecule has 0 radical (unpaired) electrons. The molecule has 1 spiro atoms. The molecular formula is C17H24N4O3S. The quantitative estimate of drug-likeness (QED) is 0.781. The van der Waals surface area contributed by atoms with Gasteiger partial charge in [0.05, 0.1) is 10.8 Å². The predicted octanol–water partition coefficient (Wildman–Crippen LogP) is 0.886. The molecule has 1 unspecified atom stereocenters. The van der Waals surface area contributed by atoms with Crippen LogP contribution in [0.15, 0.2) is 12.3 Å². The summed E-state index contributed by atoms with van der Waals surface area (Å²) in [5.74, 6) is 0.139. The smallest absolute Gasteiger partial charge is 0.272 e. The largest absolute Gasteiger partial charge is 0.337 e. The van der Waals surface area contributed by atoms with Gasteiger partial charge in [-0.3, -0.25) is 18.5 Å². The SMILES string of the molecule is Cn1nccc1C(=O)N1CCC2(CC1)N(C1CCCC1)C(=O)CS2=O. The first-order chi connectivity index (χ1) is 12.0. The van der Waals surface area contributed by atoms with Gasteiger partial charge in [-0.15, -0.1) is 0 Å². The van der Waals surface area contributed by atoms with E-state index in [4.69, 9.17) is 0 Å². The molecule has 2 saturated heterocycles. The molecule has 4 rings (SSSR count). The third kappa shape index (κ3) is 2.61. The van der Waals surface area contributed by atoms with E-state index < -0.39 is 15.7 Å². The fraction of sp³-hybridized carbons (Fsp3) is 0.706. The lowest BCUT2D eigenvalue weighted by molar-refractivity contribution is -0.133. The molecule has 0 aromatic carbocycles. The van der Waals surface area contributed by atoms with Crippen LogP contribution in [-0.2, 0) is 22.6 Å². The average molecular weight is 364 g/mol. The molecule has 0 N–H and O–H groups in total. The van der Waals surface area contributed by atoms with E-state index in [1.807, 2.05) is 4.90 Å². The number of rotatable bonds is 2. The summed E-state index contributed by atoms with van der Waals surface area (Å²) in [6, 6.07) is 1.95. The van der Waals surface area contributed by atoms with Gasteiger partial charge in [-0.25, -0.2) is 0 Å². The number of carbonyl (C=O) groups is 2. The summed E-state index contributed by atoms with van der Waals surface area (Å²) in [6.45, 7) is 1.07. The van der Waals surface area contributed by atoms with Gasteiger partial charge >= 0.3 is 0 Å². The first kappa shape index (κ1) is 16.8. The highest BCUT2D eigenvalue weighted by atomic mass is 32.2. The molecule has 1 aromatic heterocycles. The third-order valence-electron chi connectivity index (χ3n) is 5.95. The van der Waals surface area contributed by atoms with Crippen molar-refractivity contribution in [1.82, 2.24) is 19.6 Å². The minimum Gasteiger partial charge on any atom is -0.337 e. The van der Waals surface area contributed by atoms with Crippen LogP contribution in [0.1, 0.15) is 49.0 Å².